The molecule has 0 bridgehead atoms. The predicted octanol–water partition coefficient (Wildman–Crippen LogP) is 5.37. The maximum Gasteiger partial charge on any atom is 0.0516 e. The molecule has 0 aromatic heterocycles. The molecule has 3 aromatic rings. The van der Waals surface area contributed by atoms with Crippen molar-refractivity contribution in [1.82, 2.24) is 5.01 Å². The van der Waals surface area contributed by atoms with E-state index in [0.717, 1.165) is 6.54 Å². The Morgan fingerprint density at radius 2 is 1.45 bits per heavy atom. The molecular formula is C26H29N2P. The Hall–Kier alpha value is -2.44. The van der Waals surface area contributed by atoms with Crippen LogP contribution >= 0.6 is 7.92 Å². The minimum absolute atomic E-state index is 0.335. The number of hydrogen-bond acceptors (Lipinski definition) is 2. The number of hydrazone groups is 1. The van der Waals surface area contributed by atoms with Gasteiger partial charge in [0.15, 0.2) is 0 Å². The summed E-state index contributed by atoms with van der Waals surface area (Å²) in [6.45, 7) is 3.29. The van der Waals surface area contributed by atoms with Crippen LogP contribution < -0.4 is 10.6 Å². The summed E-state index contributed by atoms with van der Waals surface area (Å²) in [7, 11) is -0.374. The van der Waals surface area contributed by atoms with Crippen molar-refractivity contribution in [3.63, 3.8) is 0 Å². The Balaban J connectivity index is 1.50. The van der Waals surface area contributed by atoms with Gasteiger partial charge in [0.25, 0.3) is 0 Å². The van der Waals surface area contributed by atoms with Gasteiger partial charge in [-0.05, 0) is 43.1 Å². The molecule has 0 aliphatic carbocycles. The number of benzene rings is 3. The van der Waals surface area contributed by atoms with Crippen molar-refractivity contribution in [3.05, 3.63) is 96.6 Å². The number of hydrogen-bond donors (Lipinski definition) is 0. The lowest BCUT2D eigenvalue weighted by molar-refractivity contribution is 0.287. The summed E-state index contributed by atoms with van der Waals surface area (Å²) in [5.74, 6) is 0.335. The molecule has 0 saturated carbocycles. The molecular weight excluding hydrogens is 371 g/mol. The maximum absolute atomic E-state index is 4.94. The van der Waals surface area contributed by atoms with Crippen LogP contribution in [0.2, 0.25) is 0 Å². The molecule has 1 aliphatic rings. The van der Waals surface area contributed by atoms with Crippen molar-refractivity contribution < 1.29 is 0 Å². The lowest BCUT2D eigenvalue weighted by atomic mass is 10.0. The molecule has 1 saturated heterocycles. The Bertz CT molecular complexity index is 856. The summed E-state index contributed by atoms with van der Waals surface area (Å²) < 4.78 is 0. The molecule has 1 aliphatic heterocycles. The summed E-state index contributed by atoms with van der Waals surface area (Å²) in [5, 5.41) is 10.2. The molecule has 2 nitrogen and oxygen atoms in total. The van der Waals surface area contributed by atoms with Gasteiger partial charge in [0.05, 0.1) is 6.04 Å². The van der Waals surface area contributed by atoms with E-state index in [1.54, 1.807) is 0 Å². The molecule has 0 radical (unpaired) electrons. The normalized spacial score (nSPS) is 17.9. The Labute approximate surface area is 176 Å². The number of rotatable bonds is 7. The maximum atomic E-state index is 4.94. The van der Waals surface area contributed by atoms with E-state index in [-0.39, 0.29) is 7.92 Å². The summed E-state index contributed by atoms with van der Waals surface area (Å²) in [4.78, 5) is 0. The van der Waals surface area contributed by atoms with E-state index in [9.17, 15) is 0 Å². The fraction of sp³-hybridized carbons (Fsp3) is 0.269. The zero-order valence-electron chi connectivity index (χ0n) is 17.1. The second-order valence-corrected chi connectivity index (χ2v) is 9.96. The lowest BCUT2D eigenvalue weighted by Gasteiger charge is -2.27. The Morgan fingerprint density at radius 3 is 2.03 bits per heavy atom. The topological polar surface area (TPSA) is 15.6 Å². The predicted molar refractivity (Wildman–Crippen MR) is 127 cm³/mol. The first-order valence-electron chi connectivity index (χ1n) is 10.5. The summed E-state index contributed by atoms with van der Waals surface area (Å²) in [6, 6.07) is 33.2. The van der Waals surface area contributed by atoms with Crippen LogP contribution in [-0.2, 0) is 0 Å². The quantitative estimate of drug-likeness (QED) is 0.384. The van der Waals surface area contributed by atoms with Gasteiger partial charge in [-0.3, -0.25) is 5.01 Å². The lowest BCUT2D eigenvalue weighted by Crippen LogP contribution is -2.30. The molecule has 1 heterocycles. The molecule has 1 unspecified atom stereocenters. The first-order valence-corrected chi connectivity index (χ1v) is 12.1. The van der Waals surface area contributed by atoms with Crippen molar-refractivity contribution >= 4 is 24.7 Å². The van der Waals surface area contributed by atoms with E-state index < -0.39 is 0 Å². The minimum atomic E-state index is -0.374. The van der Waals surface area contributed by atoms with Crippen LogP contribution in [0.4, 0.5) is 0 Å². The van der Waals surface area contributed by atoms with Crippen molar-refractivity contribution in [1.29, 1.82) is 0 Å². The van der Waals surface area contributed by atoms with Crippen LogP contribution in [-0.4, -0.2) is 30.0 Å². The van der Waals surface area contributed by atoms with E-state index in [1.807, 2.05) is 0 Å². The van der Waals surface area contributed by atoms with Gasteiger partial charge < -0.3 is 0 Å². The average molecular weight is 401 g/mol. The van der Waals surface area contributed by atoms with Crippen molar-refractivity contribution in [3.8, 4) is 0 Å². The fourth-order valence-corrected chi connectivity index (χ4v) is 6.55. The van der Waals surface area contributed by atoms with Crippen LogP contribution in [0.1, 0.15) is 31.2 Å². The third kappa shape index (κ3) is 5.14. The SMILES string of the molecule is CC(/C=N/N1CCC[C@H]1CP(c1ccccc1)c1ccccc1)c1ccccc1. The monoisotopic (exact) mass is 400 g/mol. The van der Waals surface area contributed by atoms with Gasteiger partial charge in [0.2, 0.25) is 0 Å². The van der Waals surface area contributed by atoms with Crippen molar-refractivity contribution in [2.75, 3.05) is 12.7 Å². The van der Waals surface area contributed by atoms with Crippen LogP contribution in [0.15, 0.2) is 96.1 Å². The molecule has 4 rings (SSSR count). The van der Waals surface area contributed by atoms with Gasteiger partial charge in [-0.2, -0.15) is 5.10 Å². The Morgan fingerprint density at radius 1 is 0.897 bits per heavy atom. The summed E-state index contributed by atoms with van der Waals surface area (Å²) >= 11 is 0. The van der Waals surface area contributed by atoms with E-state index in [4.69, 9.17) is 5.10 Å². The molecule has 148 valence electrons. The van der Waals surface area contributed by atoms with E-state index in [2.05, 4.69) is 109 Å². The highest BCUT2D eigenvalue weighted by molar-refractivity contribution is 7.73. The molecule has 0 spiro atoms. The Kier molecular flexibility index (Phi) is 6.75. The molecule has 1 fully saturated rings. The van der Waals surface area contributed by atoms with Gasteiger partial charge in [-0.25, -0.2) is 0 Å². The highest BCUT2D eigenvalue weighted by Crippen LogP contribution is 2.37. The average Bonchev–Trinajstić information content (AvgIpc) is 3.24. The first-order chi connectivity index (χ1) is 14.3. The second kappa shape index (κ2) is 9.85. The van der Waals surface area contributed by atoms with Crippen LogP contribution in [0.3, 0.4) is 0 Å². The molecule has 29 heavy (non-hydrogen) atoms. The van der Waals surface area contributed by atoms with Crippen molar-refractivity contribution in [2.45, 2.75) is 31.7 Å². The highest BCUT2D eigenvalue weighted by Gasteiger charge is 2.27. The smallest absolute Gasteiger partial charge is 0.0516 e. The largest absolute Gasteiger partial charge is 0.294 e. The van der Waals surface area contributed by atoms with Crippen LogP contribution in [0.25, 0.3) is 0 Å². The molecule has 0 N–H and O–H groups in total. The fourth-order valence-electron chi connectivity index (χ4n) is 3.97. The van der Waals surface area contributed by atoms with E-state index in [1.165, 1.54) is 35.2 Å². The standard InChI is InChI=1S/C26H29N2P/c1-22(23-12-5-2-6-13-23)20-27-28-19-11-14-24(28)21-29(25-15-7-3-8-16-25)26-17-9-4-10-18-26/h2-10,12-13,15-18,20,22,24H,11,14,19,21H2,1H3/b27-20+/t22?,24-/m0/s1. The zero-order valence-corrected chi connectivity index (χ0v) is 18.0. The molecule has 0 amide bonds. The van der Waals surface area contributed by atoms with Crippen molar-refractivity contribution in [2.24, 2.45) is 5.10 Å². The first kappa shape index (κ1) is 19.9. The minimum Gasteiger partial charge on any atom is -0.294 e. The molecule has 3 aromatic carbocycles. The molecule has 2 atom stereocenters. The van der Waals surface area contributed by atoms with Gasteiger partial charge in [0.1, 0.15) is 0 Å². The van der Waals surface area contributed by atoms with Gasteiger partial charge in [-0.15, -0.1) is 0 Å². The third-order valence-electron chi connectivity index (χ3n) is 5.64. The third-order valence-corrected chi connectivity index (χ3v) is 8.27. The summed E-state index contributed by atoms with van der Waals surface area (Å²) in [5.41, 5.74) is 1.32. The number of nitrogens with zero attached hydrogens (tertiary/aromatic N) is 2. The zero-order chi connectivity index (χ0) is 19.9. The summed E-state index contributed by atoms with van der Waals surface area (Å²) in [6.07, 6.45) is 5.76. The van der Waals surface area contributed by atoms with Crippen LogP contribution in [0.5, 0.6) is 0 Å². The molecule has 3 heteroatoms. The second-order valence-electron chi connectivity index (χ2n) is 7.70. The van der Waals surface area contributed by atoms with Crippen LogP contribution in [0, 0.1) is 0 Å². The van der Waals surface area contributed by atoms with Gasteiger partial charge in [-0.1, -0.05) is 97.9 Å². The van der Waals surface area contributed by atoms with E-state index in [0.29, 0.717) is 12.0 Å². The highest BCUT2D eigenvalue weighted by atomic mass is 31.1. The van der Waals surface area contributed by atoms with Gasteiger partial charge in [0, 0.05) is 18.7 Å². The van der Waals surface area contributed by atoms with E-state index >= 15 is 0 Å². The van der Waals surface area contributed by atoms with Gasteiger partial charge >= 0.3 is 0 Å².